The third-order valence-electron chi connectivity index (χ3n) is 5.17. The fraction of sp³-hybridized carbons (Fsp3) is 0.938. The highest BCUT2D eigenvalue weighted by Crippen LogP contribution is 2.28. The second-order valence-electron chi connectivity index (χ2n) is 7.24. The van der Waals surface area contributed by atoms with Crippen molar-refractivity contribution in [2.45, 2.75) is 65.0 Å². The maximum Gasteiger partial charge on any atom is 0.236 e. The highest BCUT2D eigenvalue weighted by atomic mass is 35.5. The van der Waals surface area contributed by atoms with E-state index in [0.29, 0.717) is 18.5 Å². The molecular formula is C16H32ClN3O. The molecule has 0 aromatic heterocycles. The first-order valence-corrected chi connectivity index (χ1v) is 8.21. The molecule has 2 heterocycles. The number of halogens is 1. The van der Waals surface area contributed by atoms with Crippen molar-refractivity contribution in [2.75, 3.05) is 26.2 Å². The summed E-state index contributed by atoms with van der Waals surface area (Å²) < 4.78 is 0. The van der Waals surface area contributed by atoms with Gasteiger partial charge in [0.25, 0.3) is 0 Å². The molecule has 21 heavy (non-hydrogen) atoms. The maximum absolute atomic E-state index is 12.6. The van der Waals surface area contributed by atoms with Crippen LogP contribution in [0.2, 0.25) is 0 Å². The van der Waals surface area contributed by atoms with E-state index in [4.69, 9.17) is 5.73 Å². The number of carbonyl (C=O) groups is 1. The molecule has 0 aromatic rings. The molecule has 2 N–H and O–H groups in total. The highest BCUT2D eigenvalue weighted by molar-refractivity contribution is 5.85. The number of hydrogen-bond acceptors (Lipinski definition) is 3. The fourth-order valence-electron chi connectivity index (χ4n) is 3.66. The Kier molecular flexibility index (Phi) is 6.95. The zero-order chi connectivity index (χ0) is 14.8. The van der Waals surface area contributed by atoms with Crippen molar-refractivity contribution in [2.24, 2.45) is 11.1 Å². The lowest BCUT2D eigenvalue weighted by atomic mass is 9.80. The second-order valence-corrected chi connectivity index (χ2v) is 7.24. The molecule has 0 bridgehead atoms. The van der Waals surface area contributed by atoms with Gasteiger partial charge in [-0.3, -0.25) is 9.69 Å². The van der Waals surface area contributed by atoms with Crippen LogP contribution in [-0.2, 0) is 4.79 Å². The molecular weight excluding hydrogens is 286 g/mol. The Balaban J connectivity index is 0.00000220. The van der Waals surface area contributed by atoms with Crippen molar-refractivity contribution in [3.05, 3.63) is 0 Å². The predicted molar refractivity (Wildman–Crippen MR) is 89.7 cm³/mol. The summed E-state index contributed by atoms with van der Waals surface area (Å²) in [7, 11) is 0. The number of nitrogens with two attached hydrogens (primary N) is 1. The van der Waals surface area contributed by atoms with E-state index in [1.54, 1.807) is 0 Å². The van der Waals surface area contributed by atoms with Crippen molar-refractivity contribution in [3.8, 4) is 0 Å². The minimum absolute atomic E-state index is 0. The summed E-state index contributed by atoms with van der Waals surface area (Å²) in [5, 5.41) is 0. The van der Waals surface area contributed by atoms with Crippen molar-refractivity contribution < 1.29 is 4.79 Å². The first kappa shape index (κ1) is 18.7. The average molecular weight is 318 g/mol. The van der Waals surface area contributed by atoms with Gasteiger partial charge in [-0.05, 0) is 37.5 Å². The maximum atomic E-state index is 12.6. The minimum atomic E-state index is 0. The first-order chi connectivity index (χ1) is 9.44. The standard InChI is InChI=1S/C16H31N3O.ClH/c1-4-13-7-5-6-9-19(13)15(20)11-18-10-8-14(17)16(2,3)12-18;/h13-14H,4-12,17H2,1-3H3;1H. The quantitative estimate of drug-likeness (QED) is 0.868. The Labute approximate surface area is 135 Å². The van der Waals surface area contributed by atoms with Crippen LogP contribution in [0.1, 0.15) is 52.9 Å². The average Bonchev–Trinajstić information content (AvgIpc) is 2.42. The topological polar surface area (TPSA) is 49.6 Å². The lowest BCUT2D eigenvalue weighted by Gasteiger charge is -2.43. The highest BCUT2D eigenvalue weighted by Gasteiger charge is 2.35. The van der Waals surface area contributed by atoms with Crippen molar-refractivity contribution in [3.63, 3.8) is 0 Å². The zero-order valence-corrected chi connectivity index (χ0v) is 14.6. The molecule has 124 valence electrons. The Morgan fingerprint density at radius 1 is 1.24 bits per heavy atom. The molecule has 5 heteroatoms. The molecule has 2 rings (SSSR count). The van der Waals surface area contributed by atoms with Crippen LogP contribution in [-0.4, -0.2) is 54.0 Å². The molecule has 0 aliphatic carbocycles. The van der Waals surface area contributed by atoms with Gasteiger partial charge in [-0.15, -0.1) is 12.4 Å². The van der Waals surface area contributed by atoms with Crippen LogP contribution in [0.15, 0.2) is 0 Å². The Morgan fingerprint density at radius 3 is 2.57 bits per heavy atom. The summed E-state index contributed by atoms with van der Waals surface area (Å²) in [5.74, 6) is 0.322. The summed E-state index contributed by atoms with van der Waals surface area (Å²) >= 11 is 0. The van der Waals surface area contributed by atoms with Gasteiger partial charge in [0.15, 0.2) is 0 Å². The molecule has 4 nitrogen and oxygen atoms in total. The number of likely N-dealkylation sites (tertiary alicyclic amines) is 2. The first-order valence-electron chi connectivity index (χ1n) is 8.21. The number of nitrogens with zero attached hydrogens (tertiary/aromatic N) is 2. The van der Waals surface area contributed by atoms with E-state index in [1.807, 2.05) is 0 Å². The molecule has 2 aliphatic rings. The monoisotopic (exact) mass is 317 g/mol. The van der Waals surface area contributed by atoms with Crippen LogP contribution in [0.5, 0.6) is 0 Å². The third kappa shape index (κ3) is 4.57. The summed E-state index contributed by atoms with van der Waals surface area (Å²) in [6.07, 6.45) is 5.70. The molecule has 2 saturated heterocycles. The van der Waals surface area contributed by atoms with Crippen LogP contribution < -0.4 is 5.73 Å². The van der Waals surface area contributed by atoms with Gasteiger partial charge in [-0.2, -0.15) is 0 Å². The van der Waals surface area contributed by atoms with E-state index in [1.165, 1.54) is 19.3 Å². The number of rotatable bonds is 3. The predicted octanol–water partition coefficient (Wildman–Crippen LogP) is 2.26. The molecule has 2 atom stereocenters. The molecule has 0 spiro atoms. The van der Waals surface area contributed by atoms with E-state index < -0.39 is 0 Å². The molecule has 2 fully saturated rings. The molecule has 0 radical (unpaired) electrons. The summed E-state index contributed by atoms with van der Waals surface area (Å²) in [4.78, 5) is 17.0. The Bertz CT molecular complexity index is 348. The smallest absolute Gasteiger partial charge is 0.236 e. The van der Waals surface area contributed by atoms with Crippen molar-refractivity contribution in [1.29, 1.82) is 0 Å². The van der Waals surface area contributed by atoms with Gasteiger partial charge in [-0.1, -0.05) is 20.8 Å². The van der Waals surface area contributed by atoms with E-state index in [2.05, 4.69) is 30.6 Å². The van der Waals surface area contributed by atoms with E-state index in [0.717, 1.165) is 32.5 Å². The van der Waals surface area contributed by atoms with Gasteiger partial charge < -0.3 is 10.6 Å². The van der Waals surface area contributed by atoms with Crippen LogP contribution in [0.25, 0.3) is 0 Å². The van der Waals surface area contributed by atoms with Crippen LogP contribution in [0, 0.1) is 5.41 Å². The Morgan fingerprint density at radius 2 is 1.95 bits per heavy atom. The van der Waals surface area contributed by atoms with Crippen LogP contribution in [0.4, 0.5) is 0 Å². The van der Waals surface area contributed by atoms with Gasteiger partial charge in [0, 0.05) is 31.7 Å². The summed E-state index contributed by atoms with van der Waals surface area (Å²) in [6, 6.07) is 0.725. The summed E-state index contributed by atoms with van der Waals surface area (Å²) in [6.45, 7) is 10.0. The molecule has 2 aliphatic heterocycles. The third-order valence-corrected chi connectivity index (χ3v) is 5.17. The molecule has 1 amide bonds. The molecule has 2 unspecified atom stereocenters. The number of hydrogen-bond donors (Lipinski definition) is 1. The largest absolute Gasteiger partial charge is 0.339 e. The van der Waals surface area contributed by atoms with E-state index in [9.17, 15) is 4.79 Å². The van der Waals surface area contributed by atoms with Gasteiger partial charge in [0.1, 0.15) is 0 Å². The van der Waals surface area contributed by atoms with Gasteiger partial charge >= 0.3 is 0 Å². The van der Waals surface area contributed by atoms with Crippen molar-refractivity contribution in [1.82, 2.24) is 9.80 Å². The number of carbonyl (C=O) groups excluding carboxylic acids is 1. The SMILES string of the molecule is CCC1CCCCN1C(=O)CN1CCC(N)C(C)(C)C1.Cl. The minimum Gasteiger partial charge on any atom is -0.339 e. The fourth-order valence-corrected chi connectivity index (χ4v) is 3.66. The van der Waals surface area contributed by atoms with E-state index >= 15 is 0 Å². The lowest BCUT2D eigenvalue weighted by molar-refractivity contribution is -0.137. The van der Waals surface area contributed by atoms with Gasteiger partial charge in [0.05, 0.1) is 6.54 Å². The normalized spacial score (nSPS) is 29.8. The van der Waals surface area contributed by atoms with Crippen LogP contribution >= 0.6 is 12.4 Å². The summed E-state index contributed by atoms with van der Waals surface area (Å²) in [5.41, 5.74) is 6.29. The second kappa shape index (κ2) is 7.80. The Hall–Kier alpha value is -0.320. The van der Waals surface area contributed by atoms with Gasteiger partial charge in [0.2, 0.25) is 5.91 Å². The number of piperidine rings is 2. The molecule has 0 aromatic carbocycles. The van der Waals surface area contributed by atoms with E-state index in [-0.39, 0.29) is 23.9 Å². The van der Waals surface area contributed by atoms with Crippen molar-refractivity contribution >= 4 is 18.3 Å². The molecule has 0 saturated carbocycles. The van der Waals surface area contributed by atoms with Gasteiger partial charge in [-0.25, -0.2) is 0 Å². The number of amides is 1. The lowest BCUT2D eigenvalue weighted by Crippen LogP contribution is -2.55. The van der Waals surface area contributed by atoms with Crippen LogP contribution in [0.3, 0.4) is 0 Å². The zero-order valence-electron chi connectivity index (χ0n) is 13.8.